The summed E-state index contributed by atoms with van der Waals surface area (Å²) >= 11 is 0. The first kappa shape index (κ1) is 12.1. The summed E-state index contributed by atoms with van der Waals surface area (Å²) in [6.45, 7) is 3.31. The van der Waals surface area contributed by atoms with Gasteiger partial charge in [-0.15, -0.1) is 0 Å². The number of amides is 1. The van der Waals surface area contributed by atoms with Crippen LogP contribution in [0.2, 0.25) is 0 Å². The number of carboxylic acids is 1. The van der Waals surface area contributed by atoms with Gasteiger partial charge in [0.05, 0.1) is 17.4 Å². The zero-order valence-electron chi connectivity index (χ0n) is 10.0. The van der Waals surface area contributed by atoms with Crippen molar-refractivity contribution in [2.75, 3.05) is 0 Å². The molecule has 0 atom stereocenters. The van der Waals surface area contributed by atoms with Crippen LogP contribution in [0, 0.1) is 0 Å². The number of nitrogens with zero attached hydrogens (tertiary/aromatic N) is 2. The lowest BCUT2D eigenvalue weighted by Crippen LogP contribution is -2.40. The number of rotatable bonds is 3. The maximum atomic E-state index is 11.4. The first-order valence-corrected chi connectivity index (χ1v) is 5.35. The third-order valence-corrected chi connectivity index (χ3v) is 3.01. The van der Waals surface area contributed by atoms with Crippen molar-refractivity contribution in [2.45, 2.75) is 19.4 Å². The van der Waals surface area contributed by atoms with Crippen LogP contribution in [0.3, 0.4) is 0 Å². The molecular weight excluding hydrogens is 234 g/mol. The van der Waals surface area contributed by atoms with E-state index in [0.29, 0.717) is 11.0 Å². The Kier molecular flexibility index (Phi) is 2.58. The molecule has 1 aromatic carbocycles. The monoisotopic (exact) mass is 247 g/mol. The van der Waals surface area contributed by atoms with Crippen molar-refractivity contribution >= 4 is 22.9 Å². The molecule has 0 aliphatic carbocycles. The molecule has 1 heterocycles. The number of aromatic nitrogens is 2. The molecule has 0 aliphatic rings. The number of carbonyl (C=O) groups is 2. The predicted molar refractivity (Wildman–Crippen MR) is 65.2 cm³/mol. The van der Waals surface area contributed by atoms with E-state index in [-0.39, 0.29) is 5.56 Å². The van der Waals surface area contributed by atoms with Gasteiger partial charge in [0.15, 0.2) is 0 Å². The second-order valence-electron chi connectivity index (χ2n) is 4.52. The summed E-state index contributed by atoms with van der Waals surface area (Å²) in [6.07, 6.45) is 1.43. The van der Waals surface area contributed by atoms with E-state index in [1.165, 1.54) is 12.4 Å². The largest absolute Gasteiger partial charge is 0.478 e. The summed E-state index contributed by atoms with van der Waals surface area (Å²) in [4.78, 5) is 26.6. The molecule has 0 unspecified atom stereocenters. The predicted octanol–water partition coefficient (Wildman–Crippen LogP) is 0.955. The van der Waals surface area contributed by atoms with Crippen molar-refractivity contribution in [3.05, 3.63) is 30.1 Å². The SMILES string of the molecule is CC(C)(C(N)=O)n1cnc2c(C(=O)O)cccc21. The summed E-state index contributed by atoms with van der Waals surface area (Å²) in [5, 5.41) is 9.06. The highest BCUT2D eigenvalue weighted by atomic mass is 16.4. The van der Waals surface area contributed by atoms with Crippen LogP contribution in [0.5, 0.6) is 0 Å². The Morgan fingerprint density at radius 3 is 2.61 bits per heavy atom. The van der Waals surface area contributed by atoms with Gasteiger partial charge in [-0.05, 0) is 26.0 Å². The molecule has 6 heteroatoms. The van der Waals surface area contributed by atoms with Gasteiger partial charge in [-0.1, -0.05) is 6.07 Å². The third-order valence-electron chi connectivity index (χ3n) is 3.01. The average molecular weight is 247 g/mol. The van der Waals surface area contributed by atoms with Crippen LogP contribution in [0.4, 0.5) is 0 Å². The number of primary amides is 1. The van der Waals surface area contributed by atoms with Crippen molar-refractivity contribution in [1.82, 2.24) is 9.55 Å². The highest BCUT2D eigenvalue weighted by Crippen LogP contribution is 2.24. The quantitative estimate of drug-likeness (QED) is 0.843. The Bertz CT molecular complexity index is 643. The van der Waals surface area contributed by atoms with Gasteiger partial charge in [0.25, 0.3) is 0 Å². The van der Waals surface area contributed by atoms with Crippen LogP contribution >= 0.6 is 0 Å². The van der Waals surface area contributed by atoms with Crippen LogP contribution in [0.15, 0.2) is 24.5 Å². The van der Waals surface area contributed by atoms with Crippen molar-refractivity contribution in [2.24, 2.45) is 5.73 Å². The molecule has 94 valence electrons. The Balaban J connectivity index is 2.74. The van der Waals surface area contributed by atoms with E-state index in [2.05, 4.69) is 4.98 Å². The molecule has 2 rings (SSSR count). The minimum atomic E-state index is -1.05. The Labute approximate surface area is 103 Å². The van der Waals surface area contributed by atoms with E-state index >= 15 is 0 Å². The van der Waals surface area contributed by atoms with E-state index in [1.807, 2.05) is 0 Å². The zero-order valence-corrected chi connectivity index (χ0v) is 10.0. The maximum absolute atomic E-state index is 11.4. The van der Waals surface area contributed by atoms with Gasteiger partial charge in [-0.25, -0.2) is 9.78 Å². The summed E-state index contributed by atoms with van der Waals surface area (Å²) < 4.78 is 1.58. The fraction of sp³-hybridized carbons (Fsp3) is 0.250. The molecular formula is C12H13N3O3. The van der Waals surface area contributed by atoms with E-state index in [9.17, 15) is 9.59 Å². The highest BCUT2D eigenvalue weighted by molar-refractivity contribution is 6.01. The Morgan fingerprint density at radius 2 is 2.06 bits per heavy atom. The molecule has 0 saturated heterocycles. The standard InChI is InChI=1S/C12H13N3O3/c1-12(2,11(13)18)15-6-14-9-7(10(16)17)4-3-5-8(9)15/h3-6H,1-2H3,(H2,13,18)(H,16,17). The van der Waals surface area contributed by atoms with Crippen LogP contribution in [-0.2, 0) is 10.3 Å². The Hall–Kier alpha value is -2.37. The van der Waals surface area contributed by atoms with Crippen molar-refractivity contribution < 1.29 is 14.7 Å². The van der Waals surface area contributed by atoms with Crippen molar-refractivity contribution in [3.63, 3.8) is 0 Å². The van der Waals surface area contributed by atoms with Crippen LogP contribution < -0.4 is 5.73 Å². The van der Waals surface area contributed by atoms with Gasteiger partial charge in [0, 0.05) is 0 Å². The molecule has 1 aromatic heterocycles. The number of benzene rings is 1. The normalized spacial score (nSPS) is 11.7. The van der Waals surface area contributed by atoms with Gasteiger partial charge in [0.2, 0.25) is 5.91 Å². The van der Waals surface area contributed by atoms with Gasteiger partial charge >= 0.3 is 5.97 Å². The van der Waals surface area contributed by atoms with E-state index in [1.54, 1.807) is 30.5 Å². The number of fused-ring (bicyclic) bond motifs is 1. The zero-order chi connectivity index (χ0) is 13.5. The maximum Gasteiger partial charge on any atom is 0.337 e. The minimum absolute atomic E-state index is 0.103. The third kappa shape index (κ3) is 1.62. The second kappa shape index (κ2) is 3.83. The lowest BCUT2D eigenvalue weighted by Gasteiger charge is -2.23. The van der Waals surface area contributed by atoms with Crippen molar-refractivity contribution in [3.8, 4) is 0 Å². The summed E-state index contributed by atoms with van der Waals surface area (Å²) in [7, 11) is 0. The molecule has 3 N–H and O–H groups in total. The highest BCUT2D eigenvalue weighted by Gasteiger charge is 2.29. The lowest BCUT2D eigenvalue weighted by atomic mass is 10.0. The number of aromatic carboxylic acids is 1. The topological polar surface area (TPSA) is 98.2 Å². The van der Waals surface area contributed by atoms with Crippen molar-refractivity contribution in [1.29, 1.82) is 0 Å². The molecule has 6 nitrogen and oxygen atoms in total. The molecule has 0 aliphatic heterocycles. The number of imidazole rings is 1. The molecule has 18 heavy (non-hydrogen) atoms. The molecule has 1 amide bonds. The Morgan fingerprint density at radius 1 is 1.39 bits per heavy atom. The minimum Gasteiger partial charge on any atom is -0.478 e. The van der Waals surface area contributed by atoms with E-state index < -0.39 is 17.4 Å². The van der Waals surface area contributed by atoms with E-state index in [0.717, 1.165) is 0 Å². The van der Waals surface area contributed by atoms with Gasteiger partial charge in [-0.2, -0.15) is 0 Å². The van der Waals surface area contributed by atoms with Crippen LogP contribution in [0.25, 0.3) is 11.0 Å². The number of nitrogens with two attached hydrogens (primary N) is 1. The molecule has 0 spiro atoms. The first-order valence-electron chi connectivity index (χ1n) is 5.35. The van der Waals surface area contributed by atoms with Gasteiger partial charge < -0.3 is 15.4 Å². The summed E-state index contributed by atoms with van der Waals surface area (Å²) in [5.74, 6) is -1.56. The van der Waals surface area contributed by atoms with Gasteiger partial charge in [0.1, 0.15) is 11.1 Å². The number of hydrogen-bond donors (Lipinski definition) is 2. The first-order chi connectivity index (χ1) is 8.35. The fourth-order valence-electron chi connectivity index (χ4n) is 1.78. The van der Waals surface area contributed by atoms with E-state index in [4.69, 9.17) is 10.8 Å². The average Bonchev–Trinajstić information content (AvgIpc) is 2.72. The fourth-order valence-corrected chi connectivity index (χ4v) is 1.78. The number of para-hydroxylation sites is 1. The lowest BCUT2D eigenvalue weighted by molar-refractivity contribution is -0.124. The number of hydrogen-bond acceptors (Lipinski definition) is 3. The number of carbonyl (C=O) groups excluding carboxylic acids is 1. The molecule has 0 fully saturated rings. The number of carboxylic acid groups (broad SMARTS) is 1. The summed E-state index contributed by atoms with van der Waals surface area (Å²) in [5.41, 5.74) is 5.40. The van der Waals surface area contributed by atoms with Crippen LogP contribution in [0.1, 0.15) is 24.2 Å². The molecule has 0 radical (unpaired) electrons. The summed E-state index contributed by atoms with van der Waals surface area (Å²) in [6, 6.07) is 4.79. The van der Waals surface area contributed by atoms with Crippen LogP contribution in [-0.4, -0.2) is 26.5 Å². The second-order valence-corrected chi connectivity index (χ2v) is 4.52. The molecule has 2 aromatic rings. The van der Waals surface area contributed by atoms with Gasteiger partial charge in [-0.3, -0.25) is 4.79 Å². The smallest absolute Gasteiger partial charge is 0.337 e. The molecule has 0 bridgehead atoms. The molecule has 0 saturated carbocycles.